The number of aliphatic hydroxyl groups is 1. The summed E-state index contributed by atoms with van der Waals surface area (Å²) in [5.74, 6) is 0. The smallest absolute Gasteiger partial charge is 0.0930 e. The van der Waals surface area contributed by atoms with Crippen LogP contribution in [-0.2, 0) is 12.8 Å². The Morgan fingerprint density at radius 1 is 1.12 bits per heavy atom. The zero-order valence-corrected chi connectivity index (χ0v) is 11.2. The van der Waals surface area contributed by atoms with E-state index in [-0.39, 0.29) is 6.10 Å². The lowest BCUT2D eigenvalue weighted by Crippen LogP contribution is -1.97. The predicted octanol–water partition coefficient (Wildman–Crippen LogP) is 3.96. The maximum absolute atomic E-state index is 10.1. The van der Waals surface area contributed by atoms with Crippen molar-refractivity contribution >= 4 is 22.7 Å². The minimum absolute atomic E-state index is 0.345. The normalized spacial score (nSPS) is 12.9. The largest absolute Gasteiger partial charge is 0.387 e. The molecule has 0 saturated carbocycles. The molecule has 1 N–H and O–H groups in total. The molecular formula is C13H16OS2. The Labute approximate surface area is 104 Å². The van der Waals surface area contributed by atoms with Gasteiger partial charge < -0.3 is 5.11 Å². The van der Waals surface area contributed by atoms with Gasteiger partial charge in [-0.3, -0.25) is 0 Å². The molecule has 0 radical (unpaired) electrons. The molecule has 1 unspecified atom stereocenters. The summed E-state index contributed by atoms with van der Waals surface area (Å²) < 4.78 is 0. The van der Waals surface area contributed by atoms with Gasteiger partial charge >= 0.3 is 0 Å². The average Bonchev–Trinajstić information content (AvgIpc) is 2.87. The summed E-state index contributed by atoms with van der Waals surface area (Å²) in [5, 5.41) is 10.1. The van der Waals surface area contributed by atoms with Crippen molar-refractivity contribution in [1.29, 1.82) is 0 Å². The van der Waals surface area contributed by atoms with E-state index in [2.05, 4.69) is 32.0 Å². The van der Waals surface area contributed by atoms with Gasteiger partial charge in [0.15, 0.2) is 0 Å². The molecule has 1 atom stereocenters. The second-order valence-corrected chi connectivity index (χ2v) is 6.46. The molecule has 0 fully saturated rings. The standard InChI is InChI=1S/C13H16OS2/c1-3-10-5-6-11(16-10)8-12(14)13-7-4-9(2)15-13/h4-7,12,14H,3,8H2,1-2H3. The fourth-order valence-corrected chi connectivity index (χ4v) is 3.50. The fourth-order valence-electron chi connectivity index (χ4n) is 1.65. The summed E-state index contributed by atoms with van der Waals surface area (Å²) in [4.78, 5) is 5.00. The van der Waals surface area contributed by atoms with Gasteiger partial charge in [0.2, 0.25) is 0 Å². The molecule has 1 nitrogen and oxygen atoms in total. The maximum atomic E-state index is 10.1. The molecule has 2 heterocycles. The number of thiophene rings is 2. The van der Waals surface area contributed by atoms with Crippen LogP contribution >= 0.6 is 22.7 Å². The van der Waals surface area contributed by atoms with Crippen LogP contribution in [0.25, 0.3) is 0 Å². The molecule has 16 heavy (non-hydrogen) atoms. The molecule has 0 amide bonds. The van der Waals surface area contributed by atoms with E-state index in [9.17, 15) is 5.11 Å². The highest BCUT2D eigenvalue weighted by Crippen LogP contribution is 2.28. The number of hydrogen-bond acceptors (Lipinski definition) is 3. The number of aryl methyl sites for hydroxylation is 2. The van der Waals surface area contributed by atoms with Gasteiger partial charge in [-0.05, 0) is 37.6 Å². The van der Waals surface area contributed by atoms with Gasteiger partial charge in [0.05, 0.1) is 6.10 Å². The third-order valence-electron chi connectivity index (χ3n) is 2.55. The third-order valence-corrected chi connectivity index (χ3v) is 4.90. The highest BCUT2D eigenvalue weighted by Gasteiger charge is 2.11. The van der Waals surface area contributed by atoms with E-state index < -0.39 is 0 Å². The van der Waals surface area contributed by atoms with Crippen LogP contribution in [0.4, 0.5) is 0 Å². The van der Waals surface area contributed by atoms with Crippen LogP contribution in [0.15, 0.2) is 24.3 Å². The Morgan fingerprint density at radius 2 is 1.88 bits per heavy atom. The monoisotopic (exact) mass is 252 g/mol. The van der Waals surface area contributed by atoms with E-state index in [1.54, 1.807) is 11.3 Å². The van der Waals surface area contributed by atoms with Crippen molar-refractivity contribution in [3.8, 4) is 0 Å². The first kappa shape index (κ1) is 11.8. The van der Waals surface area contributed by atoms with Crippen molar-refractivity contribution in [2.24, 2.45) is 0 Å². The van der Waals surface area contributed by atoms with Crippen molar-refractivity contribution in [2.75, 3.05) is 0 Å². The first-order chi connectivity index (χ1) is 7.69. The molecule has 0 aliphatic heterocycles. The second kappa shape index (κ2) is 5.13. The molecule has 0 spiro atoms. The molecule has 0 aromatic carbocycles. The van der Waals surface area contributed by atoms with Gasteiger partial charge in [0.25, 0.3) is 0 Å². The molecule has 0 bridgehead atoms. The highest BCUT2D eigenvalue weighted by atomic mass is 32.1. The lowest BCUT2D eigenvalue weighted by atomic mass is 10.2. The van der Waals surface area contributed by atoms with Crippen LogP contribution in [0.5, 0.6) is 0 Å². The predicted molar refractivity (Wildman–Crippen MR) is 71.4 cm³/mol. The quantitative estimate of drug-likeness (QED) is 0.873. The Balaban J connectivity index is 2.04. The zero-order chi connectivity index (χ0) is 11.5. The van der Waals surface area contributed by atoms with E-state index in [0.29, 0.717) is 0 Å². The van der Waals surface area contributed by atoms with E-state index in [4.69, 9.17) is 0 Å². The molecule has 86 valence electrons. The molecule has 0 aliphatic carbocycles. The van der Waals surface area contributed by atoms with E-state index >= 15 is 0 Å². The highest BCUT2D eigenvalue weighted by molar-refractivity contribution is 7.12. The summed E-state index contributed by atoms with van der Waals surface area (Å²) in [6.07, 6.45) is 1.48. The van der Waals surface area contributed by atoms with Gasteiger partial charge in [-0.15, -0.1) is 22.7 Å². The van der Waals surface area contributed by atoms with Crippen molar-refractivity contribution in [1.82, 2.24) is 0 Å². The van der Waals surface area contributed by atoms with Crippen LogP contribution in [0.2, 0.25) is 0 Å². The molecule has 2 rings (SSSR count). The van der Waals surface area contributed by atoms with Crippen molar-refractivity contribution in [3.63, 3.8) is 0 Å². The SMILES string of the molecule is CCc1ccc(CC(O)c2ccc(C)s2)s1. The minimum atomic E-state index is -0.345. The fraction of sp³-hybridized carbons (Fsp3) is 0.385. The van der Waals surface area contributed by atoms with Crippen molar-refractivity contribution < 1.29 is 5.11 Å². The minimum Gasteiger partial charge on any atom is -0.387 e. The summed E-state index contributed by atoms with van der Waals surface area (Å²) in [6.45, 7) is 4.23. The molecule has 0 aliphatic rings. The Morgan fingerprint density at radius 3 is 2.44 bits per heavy atom. The third kappa shape index (κ3) is 2.73. The van der Waals surface area contributed by atoms with E-state index in [1.807, 2.05) is 17.4 Å². The molecule has 2 aromatic heterocycles. The summed E-state index contributed by atoms with van der Waals surface area (Å²) in [6, 6.07) is 8.38. The molecule has 2 aromatic rings. The van der Waals surface area contributed by atoms with Crippen LogP contribution < -0.4 is 0 Å². The zero-order valence-electron chi connectivity index (χ0n) is 9.56. The number of hydrogen-bond donors (Lipinski definition) is 1. The summed E-state index contributed by atoms with van der Waals surface area (Å²) >= 11 is 3.49. The van der Waals surface area contributed by atoms with Gasteiger partial charge in [-0.2, -0.15) is 0 Å². The average molecular weight is 252 g/mol. The first-order valence-electron chi connectivity index (χ1n) is 5.51. The lowest BCUT2D eigenvalue weighted by molar-refractivity contribution is 0.183. The second-order valence-electron chi connectivity index (χ2n) is 3.89. The van der Waals surface area contributed by atoms with Gasteiger partial charge in [0.1, 0.15) is 0 Å². The Bertz CT molecular complexity index is 456. The topological polar surface area (TPSA) is 20.2 Å². The number of rotatable bonds is 4. The Hall–Kier alpha value is -0.640. The van der Waals surface area contributed by atoms with Crippen molar-refractivity contribution in [3.05, 3.63) is 43.8 Å². The summed E-state index contributed by atoms with van der Waals surface area (Å²) in [7, 11) is 0. The van der Waals surface area contributed by atoms with Crippen LogP contribution in [0.1, 0.15) is 32.5 Å². The van der Waals surface area contributed by atoms with Crippen LogP contribution in [-0.4, -0.2) is 5.11 Å². The molecule has 0 saturated heterocycles. The van der Waals surface area contributed by atoms with Gasteiger partial charge in [0, 0.05) is 25.9 Å². The Kier molecular flexibility index (Phi) is 3.79. The van der Waals surface area contributed by atoms with Crippen LogP contribution in [0.3, 0.4) is 0 Å². The maximum Gasteiger partial charge on any atom is 0.0930 e. The van der Waals surface area contributed by atoms with Gasteiger partial charge in [-0.25, -0.2) is 0 Å². The first-order valence-corrected chi connectivity index (χ1v) is 7.14. The van der Waals surface area contributed by atoms with E-state index in [0.717, 1.165) is 17.7 Å². The summed E-state index contributed by atoms with van der Waals surface area (Å²) in [5.41, 5.74) is 0. The van der Waals surface area contributed by atoms with Gasteiger partial charge in [-0.1, -0.05) is 6.92 Å². The molecule has 3 heteroatoms. The lowest BCUT2D eigenvalue weighted by Gasteiger charge is -2.06. The molecular weight excluding hydrogens is 236 g/mol. The van der Waals surface area contributed by atoms with Crippen molar-refractivity contribution in [2.45, 2.75) is 32.8 Å². The number of aliphatic hydroxyl groups excluding tert-OH is 1. The van der Waals surface area contributed by atoms with Crippen LogP contribution in [0, 0.1) is 6.92 Å². The van der Waals surface area contributed by atoms with E-state index in [1.165, 1.54) is 14.6 Å².